The van der Waals surface area contributed by atoms with Gasteiger partial charge in [-0.15, -0.1) is 0 Å². The fraction of sp³-hybridized carbons (Fsp3) is 0.778. The van der Waals surface area contributed by atoms with Crippen LogP contribution < -0.4 is 5.32 Å². The van der Waals surface area contributed by atoms with E-state index < -0.39 is 0 Å². The SMILES string of the molecule is C=C(CC)NCC1CCCO1. The van der Waals surface area contributed by atoms with E-state index in [0.717, 1.165) is 25.3 Å². The van der Waals surface area contributed by atoms with Crippen molar-refractivity contribution in [1.82, 2.24) is 5.32 Å². The lowest BCUT2D eigenvalue weighted by molar-refractivity contribution is 0.112. The molecule has 0 aromatic carbocycles. The summed E-state index contributed by atoms with van der Waals surface area (Å²) in [6.45, 7) is 7.84. The predicted molar refractivity (Wildman–Crippen MR) is 46.4 cm³/mol. The first kappa shape index (κ1) is 8.60. The molecule has 1 aliphatic rings. The summed E-state index contributed by atoms with van der Waals surface area (Å²) in [6.07, 6.45) is 3.85. The van der Waals surface area contributed by atoms with Gasteiger partial charge in [-0.1, -0.05) is 13.5 Å². The molecule has 64 valence electrons. The Morgan fingerprint density at radius 3 is 3.09 bits per heavy atom. The zero-order chi connectivity index (χ0) is 8.10. The van der Waals surface area contributed by atoms with Crippen LogP contribution >= 0.6 is 0 Å². The largest absolute Gasteiger partial charge is 0.386 e. The second kappa shape index (κ2) is 4.39. The molecule has 0 aliphatic carbocycles. The van der Waals surface area contributed by atoms with Crippen LogP contribution in [0.1, 0.15) is 26.2 Å². The minimum atomic E-state index is 0.429. The molecule has 1 rings (SSSR count). The lowest BCUT2D eigenvalue weighted by Gasteiger charge is -2.12. The van der Waals surface area contributed by atoms with Crippen LogP contribution in [0.4, 0.5) is 0 Å². The van der Waals surface area contributed by atoms with Gasteiger partial charge in [0.25, 0.3) is 0 Å². The maximum atomic E-state index is 5.44. The molecule has 1 aliphatic heterocycles. The molecule has 0 saturated carbocycles. The quantitative estimate of drug-likeness (QED) is 0.667. The molecule has 1 atom stereocenters. The Balaban J connectivity index is 2.06. The Morgan fingerprint density at radius 1 is 1.73 bits per heavy atom. The molecule has 1 fully saturated rings. The van der Waals surface area contributed by atoms with Gasteiger partial charge in [0.2, 0.25) is 0 Å². The summed E-state index contributed by atoms with van der Waals surface area (Å²) < 4.78 is 5.44. The number of hydrogen-bond acceptors (Lipinski definition) is 2. The lowest BCUT2D eigenvalue weighted by atomic mass is 10.2. The first-order valence-electron chi connectivity index (χ1n) is 4.36. The number of nitrogens with one attached hydrogen (secondary N) is 1. The average Bonchev–Trinajstić information content (AvgIpc) is 2.52. The third-order valence-electron chi connectivity index (χ3n) is 2.03. The third kappa shape index (κ3) is 2.93. The summed E-state index contributed by atoms with van der Waals surface area (Å²) in [6, 6.07) is 0. The second-order valence-electron chi connectivity index (χ2n) is 2.97. The minimum absolute atomic E-state index is 0.429. The van der Waals surface area contributed by atoms with Crippen LogP contribution in [0.15, 0.2) is 12.3 Å². The molecule has 11 heavy (non-hydrogen) atoms. The van der Waals surface area contributed by atoms with Gasteiger partial charge in [-0.2, -0.15) is 0 Å². The summed E-state index contributed by atoms with van der Waals surface area (Å²) in [5.74, 6) is 0. The van der Waals surface area contributed by atoms with Gasteiger partial charge in [0.05, 0.1) is 6.10 Å². The number of hydrogen-bond donors (Lipinski definition) is 1. The summed E-state index contributed by atoms with van der Waals surface area (Å²) in [4.78, 5) is 0. The van der Waals surface area contributed by atoms with Crippen molar-refractivity contribution in [3.8, 4) is 0 Å². The molecule has 1 N–H and O–H groups in total. The topological polar surface area (TPSA) is 21.3 Å². The van der Waals surface area contributed by atoms with Crippen molar-refractivity contribution >= 4 is 0 Å². The van der Waals surface area contributed by atoms with Gasteiger partial charge in [0.15, 0.2) is 0 Å². The highest BCUT2D eigenvalue weighted by Gasteiger charge is 2.14. The molecule has 0 amide bonds. The Hall–Kier alpha value is -0.500. The van der Waals surface area contributed by atoms with Gasteiger partial charge in [0.1, 0.15) is 0 Å². The highest BCUT2D eigenvalue weighted by Crippen LogP contribution is 2.10. The Labute approximate surface area is 68.6 Å². The maximum Gasteiger partial charge on any atom is 0.0748 e. The van der Waals surface area contributed by atoms with E-state index in [1.807, 2.05) is 0 Å². The van der Waals surface area contributed by atoms with Gasteiger partial charge in [0, 0.05) is 18.8 Å². The zero-order valence-electron chi connectivity index (χ0n) is 7.23. The van der Waals surface area contributed by atoms with Gasteiger partial charge in [-0.3, -0.25) is 0 Å². The molecular formula is C9H17NO. The first-order chi connectivity index (χ1) is 5.33. The molecular weight excluding hydrogens is 138 g/mol. The van der Waals surface area contributed by atoms with E-state index in [1.165, 1.54) is 12.8 Å². The van der Waals surface area contributed by atoms with E-state index in [-0.39, 0.29) is 0 Å². The molecule has 1 unspecified atom stereocenters. The normalized spacial score (nSPS) is 23.5. The molecule has 0 radical (unpaired) electrons. The van der Waals surface area contributed by atoms with E-state index in [1.54, 1.807) is 0 Å². The molecule has 0 bridgehead atoms. The second-order valence-corrected chi connectivity index (χ2v) is 2.97. The highest BCUT2D eigenvalue weighted by atomic mass is 16.5. The molecule has 0 spiro atoms. The number of rotatable bonds is 4. The Morgan fingerprint density at radius 2 is 2.55 bits per heavy atom. The van der Waals surface area contributed by atoms with Gasteiger partial charge in [-0.05, 0) is 19.3 Å². The predicted octanol–water partition coefficient (Wildman–Crippen LogP) is 1.68. The fourth-order valence-corrected chi connectivity index (χ4v) is 1.19. The molecule has 2 heteroatoms. The molecule has 1 heterocycles. The van der Waals surface area contributed by atoms with Crippen LogP contribution in [0.3, 0.4) is 0 Å². The molecule has 1 saturated heterocycles. The van der Waals surface area contributed by atoms with Crippen LogP contribution in [0, 0.1) is 0 Å². The molecule has 0 aromatic rings. The smallest absolute Gasteiger partial charge is 0.0748 e. The minimum Gasteiger partial charge on any atom is -0.386 e. The first-order valence-corrected chi connectivity index (χ1v) is 4.36. The zero-order valence-corrected chi connectivity index (χ0v) is 7.23. The maximum absolute atomic E-state index is 5.44. The summed E-state index contributed by atoms with van der Waals surface area (Å²) >= 11 is 0. The number of ether oxygens (including phenoxy) is 1. The number of allylic oxidation sites excluding steroid dienone is 1. The van der Waals surface area contributed by atoms with Crippen molar-refractivity contribution < 1.29 is 4.74 Å². The van der Waals surface area contributed by atoms with Gasteiger partial charge < -0.3 is 10.1 Å². The van der Waals surface area contributed by atoms with Crippen LogP contribution in [0.25, 0.3) is 0 Å². The monoisotopic (exact) mass is 155 g/mol. The van der Waals surface area contributed by atoms with E-state index in [9.17, 15) is 0 Å². The van der Waals surface area contributed by atoms with Crippen molar-refractivity contribution in [3.63, 3.8) is 0 Å². The van der Waals surface area contributed by atoms with Crippen molar-refractivity contribution in [3.05, 3.63) is 12.3 Å². The summed E-state index contributed by atoms with van der Waals surface area (Å²) in [5, 5.41) is 3.25. The summed E-state index contributed by atoms with van der Waals surface area (Å²) in [5.41, 5.74) is 1.11. The van der Waals surface area contributed by atoms with E-state index in [4.69, 9.17) is 4.74 Å². The van der Waals surface area contributed by atoms with Crippen molar-refractivity contribution in [2.45, 2.75) is 32.3 Å². The van der Waals surface area contributed by atoms with Crippen molar-refractivity contribution in [2.75, 3.05) is 13.2 Å². The fourth-order valence-electron chi connectivity index (χ4n) is 1.19. The van der Waals surface area contributed by atoms with Crippen LogP contribution in [-0.4, -0.2) is 19.3 Å². The highest BCUT2D eigenvalue weighted by molar-refractivity contribution is 4.90. The third-order valence-corrected chi connectivity index (χ3v) is 2.03. The van der Waals surface area contributed by atoms with Gasteiger partial charge >= 0.3 is 0 Å². The molecule has 2 nitrogen and oxygen atoms in total. The Kier molecular flexibility index (Phi) is 3.43. The van der Waals surface area contributed by atoms with E-state index in [0.29, 0.717) is 6.10 Å². The van der Waals surface area contributed by atoms with E-state index in [2.05, 4.69) is 18.8 Å². The van der Waals surface area contributed by atoms with Crippen molar-refractivity contribution in [2.24, 2.45) is 0 Å². The van der Waals surface area contributed by atoms with Crippen LogP contribution in [0.2, 0.25) is 0 Å². The molecule has 0 aromatic heterocycles. The standard InChI is InChI=1S/C9H17NO/c1-3-8(2)10-7-9-5-4-6-11-9/h9-10H,2-7H2,1H3. The summed E-state index contributed by atoms with van der Waals surface area (Å²) in [7, 11) is 0. The van der Waals surface area contributed by atoms with Gasteiger partial charge in [-0.25, -0.2) is 0 Å². The average molecular weight is 155 g/mol. The van der Waals surface area contributed by atoms with Crippen molar-refractivity contribution in [1.29, 1.82) is 0 Å². The van der Waals surface area contributed by atoms with Crippen LogP contribution in [-0.2, 0) is 4.74 Å². The Bertz CT molecular complexity index is 128. The van der Waals surface area contributed by atoms with Crippen LogP contribution in [0.5, 0.6) is 0 Å². The lowest BCUT2D eigenvalue weighted by Crippen LogP contribution is -2.25. The van der Waals surface area contributed by atoms with E-state index >= 15 is 0 Å².